The molecule has 0 aliphatic rings. The maximum Gasteiger partial charge on any atom is 0.248 e. The quantitative estimate of drug-likeness (QED) is 0.617. The molecule has 0 unspecified atom stereocenters. The number of rotatable bonds is 6. The van der Waals surface area contributed by atoms with E-state index in [1.807, 2.05) is 42.5 Å². The Balaban J connectivity index is 1.60. The highest BCUT2D eigenvalue weighted by atomic mass is 16.2. The molecule has 0 saturated heterocycles. The Morgan fingerprint density at radius 1 is 0.929 bits per heavy atom. The lowest BCUT2D eigenvalue weighted by molar-refractivity contribution is -0.125. The van der Waals surface area contributed by atoms with Crippen molar-refractivity contribution in [1.29, 1.82) is 0 Å². The van der Waals surface area contributed by atoms with Crippen LogP contribution in [0.1, 0.15) is 22.8 Å². The number of primary amides is 1. The minimum atomic E-state index is -0.710. The molecule has 3 aromatic carbocycles. The average molecular weight is 375 g/mol. The molecule has 28 heavy (non-hydrogen) atoms. The lowest BCUT2D eigenvalue weighted by Gasteiger charge is -2.15. The fraction of sp³-hybridized carbons (Fsp3) is 0.136. The first kappa shape index (κ1) is 19.1. The summed E-state index contributed by atoms with van der Waals surface area (Å²) in [6.45, 7) is 1.62. The van der Waals surface area contributed by atoms with Crippen molar-refractivity contribution in [1.82, 2.24) is 5.32 Å². The zero-order valence-corrected chi connectivity index (χ0v) is 15.4. The third-order valence-electron chi connectivity index (χ3n) is 4.44. The van der Waals surface area contributed by atoms with Gasteiger partial charge in [0, 0.05) is 11.3 Å². The highest BCUT2D eigenvalue weighted by Gasteiger charge is 2.16. The molecule has 0 fully saturated rings. The molecule has 4 N–H and O–H groups in total. The fourth-order valence-electron chi connectivity index (χ4n) is 2.95. The Morgan fingerprint density at radius 3 is 2.32 bits per heavy atom. The third kappa shape index (κ3) is 4.54. The largest absolute Gasteiger partial charge is 0.366 e. The van der Waals surface area contributed by atoms with E-state index in [0.29, 0.717) is 11.3 Å². The van der Waals surface area contributed by atoms with Crippen molar-refractivity contribution in [2.75, 3.05) is 5.32 Å². The van der Waals surface area contributed by atoms with Crippen LogP contribution < -0.4 is 16.4 Å². The molecule has 0 spiro atoms. The molecule has 3 rings (SSSR count). The summed E-state index contributed by atoms with van der Waals surface area (Å²) in [5, 5.41) is 7.51. The molecule has 0 aromatic heterocycles. The number of nitrogens with two attached hydrogens (primary N) is 1. The first-order valence-electron chi connectivity index (χ1n) is 8.91. The zero-order valence-electron chi connectivity index (χ0n) is 15.4. The summed E-state index contributed by atoms with van der Waals surface area (Å²) in [6.07, 6.45) is 0.187. The van der Waals surface area contributed by atoms with E-state index in [-0.39, 0.29) is 18.2 Å². The van der Waals surface area contributed by atoms with Gasteiger partial charge in [0.15, 0.2) is 0 Å². The Labute approximate surface area is 162 Å². The SMILES string of the molecule is C[C@@H](NC(=O)Cc1cccc2ccccc12)C(=O)Nc1ccc(C(N)=O)cc1. The molecule has 6 nitrogen and oxygen atoms in total. The molecule has 0 aliphatic carbocycles. The monoisotopic (exact) mass is 375 g/mol. The van der Waals surface area contributed by atoms with Crippen LogP contribution in [0.15, 0.2) is 66.7 Å². The second kappa shape index (κ2) is 8.35. The number of hydrogen-bond acceptors (Lipinski definition) is 3. The normalized spacial score (nSPS) is 11.6. The molecule has 6 heteroatoms. The molecule has 3 aromatic rings. The smallest absolute Gasteiger partial charge is 0.248 e. The first-order valence-corrected chi connectivity index (χ1v) is 8.91. The maximum absolute atomic E-state index is 12.4. The third-order valence-corrected chi connectivity index (χ3v) is 4.44. The number of anilines is 1. The van der Waals surface area contributed by atoms with E-state index in [2.05, 4.69) is 10.6 Å². The number of nitrogens with one attached hydrogen (secondary N) is 2. The minimum Gasteiger partial charge on any atom is -0.366 e. The second-order valence-corrected chi connectivity index (χ2v) is 6.54. The van der Waals surface area contributed by atoms with Crippen LogP contribution in [0.3, 0.4) is 0 Å². The number of carbonyl (C=O) groups is 3. The standard InChI is InChI=1S/C22H21N3O3/c1-14(22(28)25-18-11-9-16(10-12-18)21(23)27)24-20(26)13-17-7-4-6-15-5-2-3-8-19(15)17/h2-12,14H,13H2,1H3,(H2,23,27)(H,24,26)(H,25,28)/t14-/m1/s1. The summed E-state index contributed by atoms with van der Waals surface area (Å²) < 4.78 is 0. The molecular formula is C22H21N3O3. The lowest BCUT2D eigenvalue weighted by Crippen LogP contribution is -2.42. The van der Waals surface area contributed by atoms with Gasteiger partial charge in [0.2, 0.25) is 17.7 Å². The van der Waals surface area contributed by atoms with Crippen LogP contribution in [-0.4, -0.2) is 23.8 Å². The van der Waals surface area contributed by atoms with Crippen molar-refractivity contribution in [2.24, 2.45) is 5.73 Å². The van der Waals surface area contributed by atoms with Gasteiger partial charge in [-0.1, -0.05) is 42.5 Å². The van der Waals surface area contributed by atoms with Gasteiger partial charge in [-0.25, -0.2) is 0 Å². The molecule has 0 saturated carbocycles. The van der Waals surface area contributed by atoms with Crippen LogP contribution >= 0.6 is 0 Å². The summed E-state index contributed by atoms with van der Waals surface area (Å²) in [4.78, 5) is 35.8. The summed E-state index contributed by atoms with van der Waals surface area (Å²) in [7, 11) is 0. The summed E-state index contributed by atoms with van der Waals surface area (Å²) in [6, 6.07) is 19.2. The molecule has 1 atom stereocenters. The van der Waals surface area contributed by atoms with Crippen LogP contribution in [0.2, 0.25) is 0 Å². The van der Waals surface area contributed by atoms with Crippen molar-refractivity contribution < 1.29 is 14.4 Å². The average Bonchev–Trinajstić information content (AvgIpc) is 2.68. The number of fused-ring (bicyclic) bond motifs is 1. The minimum absolute atomic E-state index is 0.187. The lowest BCUT2D eigenvalue weighted by atomic mass is 10.0. The van der Waals surface area contributed by atoms with Gasteiger partial charge in [-0.15, -0.1) is 0 Å². The maximum atomic E-state index is 12.4. The van der Waals surface area contributed by atoms with Gasteiger partial charge in [-0.2, -0.15) is 0 Å². The molecular weight excluding hydrogens is 354 g/mol. The van der Waals surface area contributed by atoms with Crippen molar-refractivity contribution in [3.8, 4) is 0 Å². The molecule has 0 aliphatic heterocycles. The predicted octanol–water partition coefficient (Wildman–Crippen LogP) is 2.62. The molecule has 3 amide bonds. The van der Waals surface area contributed by atoms with E-state index in [0.717, 1.165) is 16.3 Å². The highest BCUT2D eigenvalue weighted by molar-refractivity contribution is 5.98. The molecule has 0 bridgehead atoms. The van der Waals surface area contributed by atoms with Crippen LogP contribution in [0.25, 0.3) is 10.8 Å². The molecule has 0 heterocycles. The van der Waals surface area contributed by atoms with Crippen LogP contribution in [0.4, 0.5) is 5.69 Å². The Kier molecular flexibility index (Phi) is 5.69. The van der Waals surface area contributed by atoms with Gasteiger partial charge in [0.1, 0.15) is 6.04 Å². The van der Waals surface area contributed by atoms with Gasteiger partial charge in [0.05, 0.1) is 6.42 Å². The highest BCUT2D eigenvalue weighted by Crippen LogP contribution is 2.19. The first-order chi connectivity index (χ1) is 13.4. The predicted molar refractivity (Wildman–Crippen MR) is 109 cm³/mol. The van der Waals surface area contributed by atoms with E-state index >= 15 is 0 Å². The van der Waals surface area contributed by atoms with Crippen molar-refractivity contribution in [3.63, 3.8) is 0 Å². The zero-order chi connectivity index (χ0) is 20.1. The van der Waals surface area contributed by atoms with Gasteiger partial charge < -0.3 is 16.4 Å². The Morgan fingerprint density at radius 2 is 1.61 bits per heavy atom. The fourth-order valence-corrected chi connectivity index (χ4v) is 2.95. The van der Waals surface area contributed by atoms with Gasteiger partial charge >= 0.3 is 0 Å². The topological polar surface area (TPSA) is 101 Å². The van der Waals surface area contributed by atoms with Gasteiger partial charge in [0.25, 0.3) is 0 Å². The van der Waals surface area contributed by atoms with E-state index in [4.69, 9.17) is 5.73 Å². The number of hydrogen-bond donors (Lipinski definition) is 3. The van der Waals surface area contributed by atoms with Crippen LogP contribution in [0.5, 0.6) is 0 Å². The van der Waals surface area contributed by atoms with Crippen LogP contribution in [0, 0.1) is 0 Å². The van der Waals surface area contributed by atoms with Gasteiger partial charge in [-0.3, -0.25) is 14.4 Å². The Bertz CT molecular complexity index is 1020. The summed E-state index contributed by atoms with van der Waals surface area (Å²) >= 11 is 0. The van der Waals surface area contributed by atoms with Gasteiger partial charge in [-0.05, 0) is 47.5 Å². The van der Waals surface area contributed by atoms with E-state index in [9.17, 15) is 14.4 Å². The summed E-state index contributed by atoms with van der Waals surface area (Å²) in [5.74, 6) is -1.12. The van der Waals surface area contributed by atoms with Crippen LogP contribution in [-0.2, 0) is 16.0 Å². The van der Waals surface area contributed by atoms with E-state index in [1.54, 1.807) is 19.1 Å². The second-order valence-electron chi connectivity index (χ2n) is 6.54. The van der Waals surface area contributed by atoms with Crippen molar-refractivity contribution in [2.45, 2.75) is 19.4 Å². The number of benzene rings is 3. The van der Waals surface area contributed by atoms with Crippen molar-refractivity contribution in [3.05, 3.63) is 77.9 Å². The molecule has 142 valence electrons. The van der Waals surface area contributed by atoms with Crippen molar-refractivity contribution >= 4 is 34.2 Å². The summed E-state index contributed by atoms with van der Waals surface area (Å²) in [5.41, 5.74) is 6.97. The Hall–Kier alpha value is -3.67. The van der Waals surface area contributed by atoms with E-state index < -0.39 is 11.9 Å². The molecule has 0 radical (unpaired) electrons. The van der Waals surface area contributed by atoms with E-state index in [1.165, 1.54) is 12.1 Å². The number of amides is 3. The number of carbonyl (C=O) groups excluding carboxylic acids is 3.